The van der Waals surface area contributed by atoms with Gasteiger partial charge in [0.2, 0.25) is 5.91 Å². The maximum absolute atomic E-state index is 11.8. The molecule has 1 atom stereocenters. The molecule has 0 fully saturated rings. The molecule has 0 aliphatic carbocycles. The number of halogens is 1. The second-order valence-corrected chi connectivity index (χ2v) is 5.32. The second-order valence-electron chi connectivity index (χ2n) is 4.58. The first-order valence-corrected chi connectivity index (χ1v) is 6.84. The molecule has 0 aliphatic heterocycles. The highest BCUT2D eigenvalue weighted by Crippen LogP contribution is 2.17. The monoisotopic (exact) mass is 280 g/mol. The number of hydrogen-bond donors (Lipinski definition) is 1. The number of rotatable bonds is 6. The zero-order chi connectivity index (χ0) is 13.7. The quantitative estimate of drug-likeness (QED) is 0.654. The molecule has 1 N–H and O–H groups in total. The van der Waals surface area contributed by atoms with Gasteiger partial charge >= 0.3 is 0 Å². The number of hydrogen-bond acceptors (Lipinski definition) is 3. The lowest BCUT2D eigenvalue weighted by atomic mass is 10.1. The van der Waals surface area contributed by atoms with Gasteiger partial charge in [0.25, 0.3) is 0 Å². The Labute approximate surface area is 117 Å². The van der Waals surface area contributed by atoms with Crippen LogP contribution in [0, 0.1) is 0 Å². The molecule has 1 heterocycles. The highest BCUT2D eigenvalue weighted by atomic mass is 35.5. The van der Waals surface area contributed by atoms with Crippen molar-refractivity contribution in [2.75, 3.05) is 6.54 Å². The van der Waals surface area contributed by atoms with E-state index in [0.717, 1.165) is 18.2 Å². The fourth-order valence-corrected chi connectivity index (χ4v) is 2.05. The molecule has 2 aromatic rings. The molecule has 0 spiro atoms. The molecule has 0 aliphatic rings. The van der Waals surface area contributed by atoms with Crippen LogP contribution in [-0.4, -0.2) is 23.0 Å². The lowest BCUT2D eigenvalue weighted by Crippen LogP contribution is -2.26. The van der Waals surface area contributed by atoms with Crippen molar-refractivity contribution in [3.8, 4) is 0 Å². The number of para-hydroxylation sites is 1. The van der Waals surface area contributed by atoms with Crippen LogP contribution in [0.3, 0.4) is 0 Å². The SMILES string of the molecule is CC(Cl)CCCNC(=O)Cc1noc2ccccc12. The summed E-state index contributed by atoms with van der Waals surface area (Å²) in [7, 11) is 0. The molecule has 1 aromatic heterocycles. The van der Waals surface area contributed by atoms with Gasteiger partial charge in [0.15, 0.2) is 5.58 Å². The number of carbonyl (C=O) groups is 1. The molecular weight excluding hydrogens is 264 g/mol. The van der Waals surface area contributed by atoms with Crippen molar-refractivity contribution in [3.05, 3.63) is 30.0 Å². The van der Waals surface area contributed by atoms with Crippen molar-refractivity contribution < 1.29 is 9.32 Å². The van der Waals surface area contributed by atoms with E-state index < -0.39 is 0 Å². The largest absolute Gasteiger partial charge is 0.356 e. The summed E-state index contributed by atoms with van der Waals surface area (Å²) < 4.78 is 5.16. The van der Waals surface area contributed by atoms with Crippen molar-refractivity contribution in [2.24, 2.45) is 0 Å². The van der Waals surface area contributed by atoms with Crippen LogP contribution in [0.2, 0.25) is 0 Å². The van der Waals surface area contributed by atoms with Gasteiger partial charge in [-0.2, -0.15) is 0 Å². The summed E-state index contributed by atoms with van der Waals surface area (Å²) in [6.45, 7) is 2.59. The van der Waals surface area contributed by atoms with Gasteiger partial charge < -0.3 is 9.84 Å². The highest BCUT2D eigenvalue weighted by Gasteiger charge is 2.11. The van der Waals surface area contributed by atoms with E-state index in [9.17, 15) is 4.79 Å². The second kappa shape index (κ2) is 6.57. The van der Waals surface area contributed by atoms with Gasteiger partial charge in [-0.15, -0.1) is 11.6 Å². The number of nitrogens with zero attached hydrogens (tertiary/aromatic N) is 1. The molecular formula is C14H17ClN2O2. The maximum atomic E-state index is 11.8. The van der Waals surface area contributed by atoms with Crippen molar-refractivity contribution in [1.29, 1.82) is 0 Å². The van der Waals surface area contributed by atoms with Crippen LogP contribution in [0.1, 0.15) is 25.5 Å². The summed E-state index contributed by atoms with van der Waals surface area (Å²) in [5, 5.41) is 7.84. The summed E-state index contributed by atoms with van der Waals surface area (Å²) in [5.41, 5.74) is 1.39. The standard InChI is InChI=1S/C14H17ClN2O2/c1-10(15)5-4-8-16-14(18)9-12-11-6-2-3-7-13(11)19-17-12/h2-3,6-7,10H,4-5,8-9H2,1H3,(H,16,18). The zero-order valence-electron chi connectivity index (χ0n) is 10.9. The lowest BCUT2D eigenvalue weighted by molar-refractivity contribution is -0.120. The van der Waals surface area contributed by atoms with Gasteiger partial charge in [0.1, 0.15) is 5.69 Å². The van der Waals surface area contributed by atoms with Gasteiger partial charge in [-0.3, -0.25) is 4.79 Å². The van der Waals surface area contributed by atoms with E-state index in [2.05, 4.69) is 10.5 Å². The average Bonchev–Trinajstić information content (AvgIpc) is 2.78. The van der Waals surface area contributed by atoms with E-state index in [1.165, 1.54) is 0 Å². The normalized spacial score (nSPS) is 12.5. The van der Waals surface area contributed by atoms with E-state index >= 15 is 0 Å². The summed E-state index contributed by atoms with van der Waals surface area (Å²) in [6.07, 6.45) is 2.03. The van der Waals surface area contributed by atoms with Crippen LogP contribution in [0.4, 0.5) is 0 Å². The minimum absolute atomic E-state index is 0.0405. The minimum atomic E-state index is -0.0405. The van der Waals surface area contributed by atoms with E-state index in [0.29, 0.717) is 17.8 Å². The molecule has 4 nitrogen and oxygen atoms in total. The Morgan fingerprint density at radius 3 is 3.05 bits per heavy atom. The van der Waals surface area contributed by atoms with Crippen LogP contribution in [0.15, 0.2) is 28.8 Å². The molecule has 2 rings (SSSR count). The van der Waals surface area contributed by atoms with Crippen LogP contribution in [0.25, 0.3) is 11.0 Å². The van der Waals surface area contributed by atoms with Gasteiger partial charge in [-0.05, 0) is 31.9 Å². The van der Waals surface area contributed by atoms with Gasteiger partial charge in [-0.25, -0.2) is 0 Å². The van der Waals surface area contributed by atoms with Crippen molar-refractivity contribution in [2.45, 2.75) is 31.6 Å². The van der Waals surface area contributed by atoms with Gasteiger partial charge in [0.05, 0.1) is 6.42 Å². The Morgan fingerprint density at radius 2 is 2.26 bits per heavy atom. The Balaban J connectivity index is 1.85. The molecule has 1 unspecified atom stereocenters. The maximum Gasteiger partial charge on any atom is 0.226 e. The van der Waals surface area contributed by atoms with E-state index in [1.54, 1.807) is 0 Å². The van der Waals surface area contributed by atoms with Gasteiger partial charge in [0, 0.05) is 17.3 Å². The molecule has 19 heavy (non-hydrogen) atoms. The molecule has 0 saturated carbocycles. The summed E-state index contributed by atoms with van der Waals surface area (Å²) in [6, 6.07) is 7.53. The molecule has 1 aromatic carbocycles. The first kappa shape index (κ1) is 13.9. The molecule has 5 heteroatoms. The number of amides is 1. The predicted molar refractivity (Wildman–Crippen MR) is 75.3 cm³/mol. The number of aromatic nitrogens is 1. The van der Waals surface area contributed by atoms with Crippen molar-refractivity contribution >= 4 is 28.5 Å². The fourth-order valence-electron chi connectivity index (χ4n) is 1.89. The average molecular weight is 281 g/mol. The number of benzene rings is 1. The minimum Gasteiger partial charge on any atom is -0.356 e. The molecule has 102 valence electrons. The molecule has 0 bridgehead atoms. The summed E-state index contributed by atoms with van der Waals surface area (Å²) in [4.78, 5) is 11.8. The summed E-state index contributed by atoms with van der Waals surface area (Å²) in [5.74, 6) is -0.0405. The first-order chi connectivity index (χ1) is 9.16. The summed E-state index contributed by atoms with van der Waals surface area (Å²) >= 11 is 5.84. The lowest BCUT2D eigenvalue weighted by Gasteiger charge is -2.05. The number of carbonyl (C=O) groups excluding carboxylic acids is 1. The van der Waals surface area contributed by atoms with Crippen LogP contribution >= 0.6 is 11.6 Å². The zero-order valence-corrected chi connectivity index (χ0v) is 11.6. The number of fused-ring (bicyclic) bond motifs is 1. The number of nitrogens with one attached hydrogen (secondary N) is 1. The van der Waals surface area contributed by atoms with Crippen molar-refractivity contribution in [3.63, 3.8) is 0 Å². The third-order valence-corrected chi connectivity index (χ3v) is 3.10. The van der Waals surface area contributed by atoms with E-state index in [-0.39, 0.29) is 17.7 Å². The topological polar surface area (TPSA) is 55.1 Å². The van der Waals surface area contributed by atoms with Gasteiger partial charge in [-0.1, -0.05) is 17.3 Å². The Bertz CT molecular complexity index is 551. The highest BCUT2D eigenvalue weighted by molar-refractivity contribution is 6.20. The predicted octanol–water partition coefficient (Wildman–Crippen LogP) is 2.89. The molecule has 0 radical (unpaired) electrons. The van der Waals surface area contributed by atoms with E-state index in [4.69, 9.17) is 16.1 Å². The van der Waals surface area contributed by atoms with E-state index in [1.807, 2.05) is 31.2 Å². The fraction of sp³-hybridized carbons (Fsp3) is 0.429. The Hall–Kier alpha value is -1.55. The Kier molecular flexibility index (Phi) is 4.80. The smallest absolute Gasteiger partial charge is 0.226 e. The van der Waals surface area contributed by atoms with Crippen LogP contribution in [-0.2, 0) is 11.2 Å². The van der Waals surface area contributed by atoms with Crippen LogP contribution < -0.4 is 5.32 Å². The third kappa shape index (κ3) is 3.96. The Morgan fingerprint density at radius 1 is 1.47 bits per heavy atom. The molecule has 1 amide bonds. The number of alkyl halides is 1. The van der Waals surface area contributed by atoms with Crippen molar-refractivity contribution in [1.82, 2.24) is 10.5 Å². The molecule has 0 saturated heterocycles. The first-order valence-electron chi connectivity index (χ1n) is 6.41. The van der Waals surface area contributed by atoms with Crippen LogP contribution in [0.5, 0.6) is 0 Å². The third-order valence-electron chi connectivity index (χ3n) is 2.88.